The van der Waals surface area contributed by atoms with Gasteiger partial charge < -0.3 is 15.1 Å². The summed E-state index contributed by atoms with van der Waals surface area (Å²) < 4.78 is 2.09. The summed E-state index contributed by atoms with van der Waals surface area (Å²) in [6.07, 6.45) is 3.50. The van der Waals surface area contributed by atoms with Gasteiger partial charge in [-0.1, -0.05) is 13.8 Å². The molecule has 0 aliphatic carbocycles. The first kappa shape index (κ1) is 19.8. The molecule has 0 bridgehead atoms. The number of nitrogens with one attached hydrogen (secondary N) is 1. The van der Waals surface area contributed by atoms with E-state index in [1.165, 1.54) is 12.0 Å². The minimum absolute atomic E-state index is 0.166. The maximum Gasteiger partial charge on any atom is 0.239 e. The molecule has 6 heteroatoms. The number of carbonyl (C=O) groups excluding carboxylic acids is 1. The first-order valence-electron chi connectivity index (χ1n) is 9.57. The Bertz CT molecular complexity index is 573. The number of hydrogen-bond acceptors (Lipinski definition) is 4. The van der Waals surface area contributed by atoms with Crippen molar-refractivity contribution in [3.05, 3.63) is 11.3 Å². The van der Waals surface area contributed by atoms with Crippen molar-refractivity contribution in [2.24, 2.45) is 5.92 Å². The van der Waals surface area contributed by atoms with Crippen molar-refractivity contribution in [1.82, 2.24) is 20.0 Å². The third kappa shape index (κ3) is 4.97. The minimum Gasteiger partial charge on any atom is -0.363 e. The number of aryl methyl sites for hydroxylation is 1. The molecule has 2 rings (SSSR count). The Balaban J connectivity index is 2.06. The molecule has 1 aliphatic rings. The van der Waals surface area contributed by atoms with E-state index in [4.69, 9.17) is 5.10 Å². The van der Waals surface area contributed by atoms with Gasteiger partial charge in [0.1, 0.15) is 5.82 Å². The molecule has 1 saturated heterocycles. The Labute approximate surface area is 152 Å². The van der Waals surface area contributed by atoms with E-state index in [0.29, 0.717) is 12.5 Å². The van der Waals surface area contributed by atoms with Crippen LogP contribution in [0.2, 0.25) is 0 Å². The molecule has 2 heterocycles. The molecule has 25 heavy (non-hydrogen) atoms. The van der Waals surface area contributed by atoms with Crippen molar-refractivity contribution in [3.63, 3.8) is 0 Å². The molecule has 1 aromatic heterocycles. The van der Waals surface area contributed by atoms with E-state index in [0.717, 1.165) is 44.0 Å². The Morgan fingerprint density at radius 2 is 1.84 bits per heavy atom. The summed E-state index contributed by atoms with van der Waals surface area (Å²) in [6, 6.07) is -0.166. The number of amides is 1. The van der Waals surface area contributed by atoms with Gasteiger partial charge in [-0.3, -0.25) is 4.79 Å². The predicted molar refractivity (Wildman–Crippen MR) is 103 cm³/mol. The second-order valence-electron chi connectivity index (χ2n) is 7.85. The topological polar surface area (TPSA) is 53.4 Å². The van der Waals surface area contributed by atoms with Crippen molar-refractivity contribution in [2.75, 3.05) is 32.1 Å². The van der Waals surface area contributed by atoms with E-state index < -0.39 is 0 Å². The number of likely N-dealkylation sites (tertiary alicyclic amines) is 1. The van der Waals surface area contributed by atoms with E-state index >= 15 is 0 Å². The predicted octanol–water partition coefficient (Wildman–Crippen LogP) is 2.40. The van der Waals surface area contributed by atoms with Crippen LogP contribution in [0, 0.1) is 12.8 Å². The van der Waals surface area contributed by atoms with Crippen LogP contribution >= 0.6 is 0 Å². The Hall–Kier alpha value is -1.56. The SMILES string of the molecule is Cc1nn(CC(C)C)c(N(C)C)c1CNC(C)C(=O)N1CCCCC1. The monoisotopic (exact) mass is 349 g/mol. The zero-order chi connectivity index (χ0) is 18.6. The van der Waals surface area contributed by atoms with Gasteiger partial charge in [0.25, 0.3) is 0 Å². The average Bonchev–Trinajstić information content (AvgIpc) is 2.87. The van der Waals surface area contributed by atoms with Crippen molar-refractivity contribution < 1.29 is 4.79 Å². The molecule has 1 aliphatic heterocycles. The molecule has 1 amide bonds. The normalized spacial score (nSPS) is 16.4. The lowest BCUT2D eigenvalue weighted by Gasteiger charge is -2.29. The van der Waals surface area contributed by atoms with Crippen molar-refractivity contribution in [3.8, 4) is 0 Å². The Morgan fingerprint density at radius 1 is 1.20 bits per heavy atom. The van der Waals surface area contributed by atoms with Crippen LogP contribution in [0.5, 0.6) is 0 Å². The molecule has 1 unspecified atom stereocenters. The molecule has 0 saturated carbocycles. The van der Waals surface area contributed by atoms with Gasteiger partial charge in [0.05, 0.1) is 11.7 Å². The van der Waals surface area contributed by atoms with Crippen LogP contribution in [-0.4, -0.2) is 53.8 Å². The van der Waals surface area contributed by atoms with Crippen molar-refractivity contribution in [1.29, 1.82) is 0 Å². The van der Waals surface area contributed by atoms with E-state index in [2.05, 4.69) is 49.8 Å². The van der Waals surface area contributed by atoms with E-state index in [9.17, 15) is 4.79 Å². The molecule has 142 valence electrons. The average molecular weight is 350 g/mol. The Kier molecular flexibility index (Phi) is 6.87. The second-order valence-corrected chi connectivity index (χ2v) is 7.85. The summed E-state index contributed by atoms with van der Waals surface area (Å²) >= 11 is 0. The fourth-order valence-corrected chi connectivity index (χ4v) is 3.52. The highest BCUT2D eigenvalue weighted by Gasteiger charge is 2.23. The number of aromatic nitrogens is 2. The molecule has 0 spiro atoms. The van der Waals surface area contributed by atoms with Gasteiger partial charge in [0.15, 0.2) is 0 Å². The molecule has 0 aromatic carbocycles. The van der Waals surface area contributed by atoms with Crippen LogP contribution in [0.25, 0.3) is 0 Å². The fourth-order valence-electron chi connectivity index (χ4n) is 3.52. The molecule has 1 atom stereocenters. The summed E-state index contributed by atoms with van der Waals surface area (Å²) in [5, 5.41) is 8.15. The Morgan fingerprint density at radius 3 is 2.40 bits per heavy atom. The van der Waals surface area contributed by atoms with Gasteiger partial charge in [0, 0.05) is 45.8 Å². The van der Waals surface area contributed by atoms with Crippen molar-refractivity contribution in [2.45, 2.75) is 66.1 Å². The first-order chi connectivity index (χ1) is 11.8. The van der Waals surface area contributed by atoms with Crippen LogP contribution in [-0.2, 0) is 17.9 Å². The maximum absolute atomic E-state index is 12.6. The van der Waals surface area contributed by atoms with Gasteiger partial charge in [-0.15, -0.1) is 0 Å². The van der Waals surface area contributed by atoms with Gasteiger partial charge in [0.2, 0.25) is 5.91 Å². The van der Waals surface area contributed by atoms with Gasteiger partial charge in [-0.25, -0.2) is 4.68 Å². The summed E-state index contributed by atoms with van der Waals surface area (Å²) in [6.45, 7) is 11.8. The van der Waals surface area contributed by atoms with Crippen molar-refractivity contribution >= 4 is 11.7 Å². The van der Waals surface area contributed by atoms with E-state index in [-0.39, 0.29) is 11.9 Å². The quantitative estimate of drug-likeness (QED) is 0.821. The highest BCUT2D eigenvalue weighted by atomic mass is 16.2. The smallest absolute Gasteiger partial charge is 0.239 e. The highest BCUT2D eigenvalue weighted by Crippen LogP contribution is 2.23. The first-order valence-corrected chi connectivity index (χ1v) is 9.57. The molecule has 0 radical (unpaired) electrons. The van der Waals surface area contributed by atoms with Gasteiger partial charge in [-0.2, -0.15) is 5.10 Å². The zero-order valence-electron chi connectivity index (χ0n) is 16.8. The number of rotatable bonds is 7. The molecule has 1 N–H and O–H groups in total. The molecular formula is C19H35N5O. The van der Waals surface area contributed by atoms with Crippen LogP contribution in [0.1, 0.15) is 51.3 Å². The summed E-state index contributed by atoms with van der Waals surface area (Å²) in [7, 11) is 4.11. The molecule has 1 fully saturated rings. The lowest BCUT2D eigenvalue weighted by atomic mass is 10.1. The minimum atomic E-state index is -0.166. The molecular weight excluding hydrogens is 314 g/mol. The fraction of sp³-hybridized carbons (Fsp3) is 0.789. The number of carbonyl (C=O) groups is 1. The summed E-state index contributed by atoms with van der Waals surface area (Å²) in [4.78, 5) is 16.7. The lowest BCUT2D eigenvalue weighted by Crippen LogP contribution is -2.46. The maximum atomic E-state index is 12.6. The number of piperidine rings is 1. The van der Waals surface area contributed by atoms with E-state index in [1.807, 2.05) is 11.8 Å². The van der Waals surface area contributed by atoms with Crippen LogP contribution in [0.15, 0.2) is 0 Å². The highest BCUT2D eigenvalue weighted by molar-refractivity contribution is 5.81. The van der Waals surface area contributed by atoms with Gasteiger partial charge >= 0.3 is 0 Å². The summed E-state index contributed by atoms with van der Waals surface area (Å²) in [5.74, 6) is 1.90. The molecule has 1 aromatic rings. The zero-order valence-corrected chi connectivity index (χ0v) is 16.8. The number of anilines is 1. The van der Waals surface area contributed by atoms with Crippen LogP contribution < -0.4 is 10.2 Å². The van der Waals surface area contributed by atoms with Gasteiger partial charge in [-0.05, 0) is 39.0 Å². The standard InChI is InChI=1S/C19H35N5O/c1-14(2)13-24-18(22(5)6)17(15(3)21-24)12-20-16(4)19(25)23-10-8-7-9-11-23/h14,16,20H,7-13H2,1-6H3. The summed E-state index contributed by atoms with van der Waals surface area (Å²) in [5.41, 5.74) is 2.22. The van der Waals surface area contributed by atoms with Crippen LogP contribution in [0.4, 0.5) is 5.82 Å². The number of hydrogen-bond donors (Lipinski definition) is 1. The number of nitrogens with zero attached hydrogens (tertiary/aromatic N) is 4. The second kappa shape index (κ2) is 8.70. The third-order valence-corrected chi connectivity index (χ3v) is 4.81. The van der Waals surface area contributed by atoms with Crippen LogP contribution in [0.3, 0.4) is 0 Å². The third-order valence-electron chi connectivity index (χ3n) is 4.81. The molecule has 6 nitrogen and oxygen atoms in total. The van der Waals surface area contributed by atoms with E-state index in [1.54, 1.807) is 0 Å². The lowest BCUT2D eigenvalue weighted by molar-refractivity contribution is -0.133. The largest absolute Gasteiger partial charge is 0.363 e.